The van der Waals surface area contributed by atoms with Gasteiger partial charge in [0.1, 0.15) is 5.82 Å². The lowest BCUT2D eigenvalue weighted by atomic mass is 9.95. The summed E-state index contributed by atoms with van der Waals surface area (Å²) in [4.78, 5) is 0. The van der Waals surface area contributed by atoms with E-state index in [9.17, 15) is 4.39 Å². The number of benzene rings is 1. The van der Waals surface area contributed by atoms with Crippen LogP contribution in [0.3, 0.4) is 0 Å². The van der Waals surface area contributed by atoms with Crippen molar-refractivity contribution >= 4 is 11.6 Å². The van der Waals surface area contributed by atoms with E-state index in [1.165, 1.54) is 19.3 Å². The topological polar surface area (TPSA) is 12.0 Å². The lowest BCUT2D eigenvalue weighted by Gasteiger charge is -2.14. The average Bonchev–Trinajstić information content (AvgIpc) is 2.52. The van der Waals surface area contributed by atoms with Crippen LogP contribution in [0.1, 0.15) is 24.8 Å². The Kier molecular flexibility index (Phi) is 4.19. The molecule has 0 aromatic heterocycles. The highest BCUT2D eigenvalue weighted by Crippen LogP contribution is 2.20. The molecule has 1 N–H and O–H groups in total. The molecule has 0 aliphatic carbocycles. The molecule has 1 heterocycles. The van der Waals surface area contributed by atoms with Crippen LogP contribution in [-0.2, 0) is 6.42 Å². The van der Waals surface area contributed by atoms with Crippen LogP contribution >= 0.6 is 11.6 Å². The quantitative estimate of drug-likeness (QED) is 0.837. The smallest absolute Gasteiger partial charge is 0.142 e. The fourth-order valence-electron chi connectivity index (χ4n) is 2.27. The molecule has 2 rings (SSSR count). The van der Waals surface area contributed by atoms with Crippen molar-refractivity contribution in [3.05, 3.63) is 34.6 Å². The zero-order chi connectivity index (χ0) is 11.4. The summed E-state index contributed by atoms with van der Waals surface area (Å²) in [6.07, 6.45) is 4.71. The van der Waals surface area contributed by atoms with E-state index < -0.39 is 0 Å². The van der Waals surface area contributed by atoms with Crippen LogP contribution < -0.4 is 5.32 Å². The zero-order valence-corrected chi connectivity index (χ0v) is 10.1. The van der Waals surface area contributed by atoms with E-state index in [1.54, 1.807) is 12.1 Å². The highest BCUT2D eigenvalue weighted by atomic mass is 35.5. The Morgan fingerprint density at radius 2 is 2.25 bits per heavy atom. The fourth-order valence-corrected chi connectivity index (χ4v) is 2.38. The molecular formula is C13H17ClFN. The predicted molar refractivity (Wildman–Crippen MR) is 65.3 cm³/mol. The second kappa shape index (κ2) is 5.65. The van der Waals surface area contributed by atoms with Crippen LogP contribution in [0.2, 0.25) is 5.02 Å². The summed E-state index contributed by atoms with van der Waals surface area (Å²) in [5, 5.41) is 3.63. The predicted octanol–water partition coefficient (Wildman–Crippen LogP) is 3.41. The van der Waals surface area contributed by atoms with Gasteiger partial charge in [-0.1, -0.05) is 24.1 Å². The maximum atomic E-state index is 13.3. The zero-order valence-electron chi connectivity index (χ0n) is 9.31. The van der Waals surface area contributed by atoms with Gasteiger partial charge in [-0.05, 0) is 56.0 Å². The second-order valence-electron chi connectivity index (χ2n) is 4.52. The van der Waals surface area contributed by atoms with Gasteiger partial charge in [0.15, 0.2) is 0 Å². The van der Waals surface area contributed by atoms with Gasteiger partial charge < -0.3 is 5.32 Å². The van der Waals surface area contributed by atoms with E-state index in [4.69, 9.17) is 11.6 Å². The highest BCUT2D eigenvalue weighted by molar-refractivity contribution is 6.30. The van der Waals surface area contributed by atoms with Gasteiger partial charge in [0.05, 0.1) is 5.02 Å². The normalized spacial score (nSPS) is 21.8. The largest absolute Gasteiger partial charge is 0.316 e. The molecule has 1 unspecified atom stereocenters. The molecule has 88 valence electrons. The Bertz CT molecular complexity index is 346. The first-order chi connectivity index (χ1) is 7.75. The van der Waals surface area contributed by atoms with Crippen LogP contribution in [0.15, 0.2) is 18.2 Å². The first-order valence-electron chi connectivity index (χ1n) is 5.90. The molecule has 1 nitrogen and oxygen atoms in total. The number of hydrogen-bond donors (Lipinski definition) is 1. The van der Waals surface area contributed by atoms with Crippen molar-refractivity contribution in [2.75, 3.05) is 13.1 Å². The summed E-state index contributed by atoms with van der Waals surface area (Å²) < 4.78 is 13.3. The van der Waals surface area contributed by atoms with Gasteiger partial charge in [0.25, 0.3) is 0 Å². The first-order valence-corrected chi connectivity index (χ1v) is 6.28. The van der Waals surface area contributed by atoms with Crippen molar-refractivity contribution in [2.45, 2.75) is 25.7 Å². The molecule has 0 bridgehead atoms. The molecular weight excluding hydrogens is 225 g/mol. The lowest BCUT2D eigenvalue weighted by Crippen LogP contribution is -2.22. The average molecular weight is 242 g/mol. The van der Waals surface area contributed by atoms with E-state index in [2.05, 4.69) is 5.32 Å². The molecule has 1 saturated heterocycles. The second-order valence-corrected chi connectivity index (χ2v) is 4.93. The molecule has 16 heavy (non-hydrogen) atoms. The van der Waals surface area contributed by atoms with Crippen molar-refractivity contribution in [2.24, 2.45) is 5.92 Å². The van der Waals surface area contributed by atoms with Crippen LogP contribution in [0.5, 0.6) is 0 Å². The summed E-state index contributed by atoms with van der Waals surface area (Å²) in [7, 11) is 0. The molecule has 0 spiro atoms. The van der Waals surface area contributed by atoms with Gasteiger partial charge in [-0.15, -0.1) is 0 Å². The molecule has 0 radical (unpaired) electrons. The summed E-state index contributed by atoms with van der Waals surface area (Å²) in [6, 6.07) is 5.14. The third-order valence-corrected chi connectivity index (χ3v) is 3.46. The summed E-state index contributed by atoms with van der Waals surface area (Å²) in [6.45, 7) is 2.16. The minimum atomic E-state index is -0.305. The van der Waals surface area contributed by atoms with E-state index in [-0.39, 0.29) is 10.8 Å². The SMILES string of the molecule is Fc1cc(CC2CCCCNC2)ccc1Cl. The summed E-state index contributed by atoms with van der Waals surface area (Å²) in [5.74, 6) is 0.323. The first kappa shape index (κ1) is 11.9. The molecule has 0 amide bonds. The third-order valence-electron chi connectivity index (χ3n) is 3.16. The van der Waals surface area contributed by atoms with Gasteiger partial charge in [0.2, 0.25) is 0 Å². The maximum Gasteiger partial charge on any atom is 0.142 e. The minimum absolute atomic E-state index is 0.211. The lowest BCUT2D eigenvalue weighted by molar-refractivity contribution is 0.476. The number of nitrogens with one attached hydrogen (secondary N) is 1. The Balaban J connectivity index is 1.99. The van der Waals surface area contributed by atoms with Crippen molar-refractivity contribution in [3.8, 4) is 0 Å². The Labute approximate surface area is 101 Å². The minimum Gasteiger partial charge on any atom is -0.316 e. The molecule has 1 aromatic rings. The standard InChI is InChI=1S/C13H17ClFN/c14-12-5-4-10(8-13(12)15)7-11-3-1-2-6-16-9-11/h4-5,8,11,16H,1-3,6-7,9H2. The Hall–Kier alpha value is -0.600. The van der Waals surface area contributed by atoms with Gasteiger partial charge in [-0.25, -0.2) is 4.39 Å². The Morgan fingerprint density at radius 1 is 1.38 bits per heavy atom. The summed E-state index contributed by atoms with van der Waals surface area (Å²) in [5.41, 5.74) is 1.05. The van der Waals surface area contributed by atoms with Crippen molar-refractivity contribution in [1.29, 1.82) is 0 Å². The number of hydrogen-bond acceptors (Lipinski definition) is 1. The Morgan fingerprint density at radius 3 is 3.06 bits per heavy atom. The van der Waals surface area contributed by atoms with Crippen LogP contribution in [0, 0.1) is 11.7 Å². The summed E-state index contributed by atoms with van der Waals surface area (Å²) >= 11 is 5.66. The van der Waals surface area contributed by atoms with Crippen molar-refractivity contribution < 1.29 is 4.39 Å². The van der Waals surface area contributed by atoms with E-state index >= 15 is 0 Å². The molecule has 0 saturated carbocycles. The molecule has 1 atom stereocenters. The van der Waals surface area contributed by atoms with Crippen molar-refractivity contribution in [3.63, 3.8) is 0 Å². The maximum absolute atomic E-state index is 13.3. The van der Waals surface area contributed by atoms with E-state index in [0.29, 0.717) is 5.92 Å². The van der Waals surface area contributed by atoms with E-state index in [0.717, 1.165) is 25.1 Å². The molecule has 3 heteroatoms. The molecule has 1 aliphatic heterocycles. The van der Waals surface area contributed by atoms with Crippen LogP contribution in [0.25, 0.3) is 0 Å². The van der Waals surface area contributed by atoms with Gasteiger partial charge >= 0.3 is 0 Å². The van der Waals surface area contributed by atoms with Crippen molar-refractivity contribution in [1.82, 2.24) is 5.32 Å². The van der Waals surface area contributed by atoms with E-state index in [1.807, 2.05) is 6.07 Å². The van der Waals surface area contributed by atoms with Crippen LogP contribution in [0.4, 0.5) is 4.39 Å². The van der Waals surface area contributed by atoms with Gasteiger partial charge in [-0.2, -0.15) is 0 Å². The van der Waals surface area contributed by atoms with Gasteiger partial charge in [-0.3, -0.25) is 0 Å². The molecule has 1 aliphatic rings. The number of halogens is 2. The molecule has 1 fully saturated rings. The monoisotopic (exact) mass is 241 g/mol. The number of rotatable bonds is 2. The van der Waals surface area contributed by atoms with Crippen LogP contribution in [-0.4, -0.2) is 13.1 Å². The third kappa shape index (κ3) is 3.19. The fraction of sp³-hybridized carbons (Fsp3) is 0.538. The highest BCUT2D eigenvalue weighted by Gasteiger charge is 2.13. The molecule has 1 aromatic carbocycles. The van der Waals surface area contributed by atoms with Gasteiger partial charge in [0, 0.05) is 0 Å².